The molecule has 0 aromatic carbocycles. The van der Waals surface area contributed by atoms with Crippen molar-refractivity contribution >= 4 is 46.9 Å². The molecule has 3 unspecified atom stereocenters. The Kier molecular flexibility index (Phi) is 18.0. The molecule has 51 heteroatoms. The smallest absolute Gasteiger partial charge is 0.385 e. The molecule has 3 aromatic rings. The fourth-order valence-corrected chi connectivity index (χ4v) is 10.0. The van der Waals surface area contributed by atoms with Gasteiger partial charge in [0.15, 0.2) is 18.6 Å². The van der Waals surface area contributed by atoms with Crippen LogP contribution in [0.25, 0.3) is 0 Å². The molecule has 18 N–H and O–H groups in total. The summed E-state index contributed by atoms with van der Waals surface area (Å²) in [5.41, 5.74) is -6.74. The highest BCUT2D eigenvalue weighted by atomic mass is 31.3. The number of halogens is 3. The van der Waals surface area contributed by atoms with Gasteiger partial charge in [-0.1, -0.05) is 0 Å². The molecule has 3 aromatic heterocycles. The standard InChI is InChI=1S/3C9H13FN2O12P2/c3*10-9(3-22-26(20,21)24-25(17,18)19)6(15)5(14)7(23-9)12-2-1-4(13)11-8(12)16/h3*1-2,5-7,14-15H,3H2,(H,20,21)(H,11,13,16)(H2,17,18,19)/t3*5-,6+,7-,9-/m111/s1/i3D2,7D;7D;3D2. The van der Waals surface area contributed by atoms with Crippen molar-refractivity contribution in [3.8, 4) is 0 Å². The molecule has 0 radical (unpaired) electrons. The molecule has 15 atom stereocenters. The van der Waals surface area contributed by atoms with E-state index >= 15 is 8.78 Å². The molecule has 444 valence electrons. The van der Waals surface area contributed by atoms with Gasteiger partial charge >= 0.3 is 64.0 Å². The van der Waals surface area contributed by atoms with Crippen LogP contribution in [0.1, 0.15) is 26.9 Å². The monoisotopic (exact) mass is 1270 g/mol. The Labute approximate surface area is 431 Å². The molecule has 3 saturated heterocycles. The van der Waals surface area contributed by atoms with Crippen molar-refractivity contribution in [1.82, 2.24) is 28.7 Å². The molecule has 78 heavy (non-hydrogen) atoms. The van der Waals surface area contributed by atoms with Crippen molar-refractivity contribution in [2.45, 2.75) is 72.8 Å². The summed E-state index contributed by atoms with van der Waals surface area (Å²) in [7, 11) is -34.5. The van der Waals surface area contributed by atoms with Gasteiger partial charge in [-0.2, -0.15) is 12.9 Å². The molecule has 0 saturated carbocycles. The average molecular weight is 1270 g/mol. The van der Waals surface area contributed by atoms with Crippen LogP contribution < -0.4 is 33.7 Å². The second-order valence-corrected chi connectivity index (χ2v) is 22.8. The number of aliphatic hydroxyl groups excluding tert-OH is 6. The number of hydrogen-bond acceptors (Lipinski definition) is 27. The maximum absolute atomic E-state index is 15.2. The molecule has 0 spiro atoms. The van der Waals surface area contributed by atoms with Gasteiger partial charge in [-0.05, 0) is 0 Å². The Morgan fingerprint density at radius 2 is 0.795 bits per heavy atom. The van der Waals surface area contributed by atoms with E-state index in [2.05, 4.69) is 40.7 Å². The molecule has 3 aliphatic rings. The summed E-state index contributed by atoms with van der Waals surface area (Å²) >= 11 is 0. The Morgan fingerprint density at radius 1 is 0.500 bits per heavy atom. The fraction of sp³-hybridized carbons (Fsp3) is 0.556. The first-order valence-electron chi connectivity index (χ1n) is 22.0. The van der Waals surface area contributed by atoms with Gasteiger partial charge in [0.05, 0.1) is 8.22 Å². The summed E-state index contributed by atoms with van der Waals surface area (Å²) in [4.78, 5) is 152. The number of nitrogens with zero attached hydrogens (tertiary/aromatic N) is 3. The third-order valence-electron chi connectivity index (χ3n) is 8.64. The van der Waals surface area contributed by atoms with Crippen LogP contribution in [0.2, 0.25) is 0 Å². The first kappa shape index (κ1) is 57.5. The van der Waals surface area contributed by atoms with Crippen molar-refractivity contribution in [2.24, 2.45) is 0 Å². The minimum atomic E-state index is -6.03. The van der Waals surface area contributed by atoms with Gasteiger partial charge in [-0.15, -0.1) is 0 Å². The maximum atomic E-state index is 15.2. The summed E-state index contributed by atoms with van der Waals surface area (Å²) in [5.74, 6) is -12.1. The van der Waals surface area contributed by atoms with Crippen LogP contribution in [0.15, 0.2) is 65.6 Å². The number of phosphoric acid groups is 6. The number of H-pyrrole nitrogens is 3. The van der Waals surface area contributed by atoms with Crippen LogP contribution >= 0.6 is 46.9 Å². The van der Waals surface area contributed by atoms with Crippen LogP contribution in [-0.4, -0.2) is 177 Å². The molecule has 3 fully saturated rings. The molecule has 3 aliphatic heterocycles. The lowest BCUT2D eigenvalue weighted by atomic mass is 10.1. The minimum absolute atomic E-state index is 0.0599. The normalized spacial score (nSPS) is 35.1. The lowest BCUT2D eigenvalue weighted by Gasteiger charge is -2.23. The summed E-state index contributed by atoms with van der Waals surface area (Å²) in [6.45, 7) is -10.2. The maximum Gasteiger partial charge on any atom is 0.481 e. The van der Waals surface area contributed by atoms with E-state index in [1.54, 1.807) is 15.0 Å². The summed E-state index contributed by atoms with van der Waals surface area (Å²) in [5, 5.41) is 59.3. The summed E-state index contributed by atoms with van der Waals surface area (Å²) in [6.07, 6.45) is -22.6. The highest BCUT2D eigenvalue weighted by molar-refractivity contribution is 7.61. The molecular formula is C27H39F3N6O36P6. The molecule has 0 aliphatic carbocycles. The Morgan fingerprint density at radius 3 is 1.14 bits per heavy atom. The Hall–Kier alpha value is -3.75. The summed E-state index contributed by atoms with van der Waals surface area (Å²) in [6, 6.07) is 2.12. The minimum Gasteiger partial charge on any atom is -0.385 e. The zero-order valence-electron chi connectivity index (χ0n) is 42.7. The Bertz CT molecular complexity index is 3640. The number of alkyl halides is 3. The number of nitrogens with one attached hydrogen (secondary N) is 3. The van der Waals surface area contributed by atoms with Gasteiger partial charge in [-0.3, -0.25) is 56.6 Å². The van der Waals surface area contributed by atoms with E-state index in [0.717, 1.165) is 18.3 Å². The Balaban J connectivity index is 0.000000270. The predicted octanol–water partition coefficient (Wildman–Crippen LogP) is -6.96. The zero-order valence-corrected chi connectivity index (χ0v) is 42.0. The van der Waals surface area contributed by atoms with Gasteiger partial charge in [0.1, 0.15) is 56.3 Å². The fourth-order valence-electron chi connectivity index (χ4n) is 5.53. The predicted molar refractivity (Wildman–Crippen MR) is 229 cm³/mol. The van der Waals surface area contributed by atoms with Crippen molar-refractivity contribution < 1.29 is 164 Å². The number of aliphatic hydroxyl groups is 6. The third kappa shape index (κ3) is 17.9. The number of aromatic amines is 3. The lowest BCUT2D eigenvalue weighted by molar-refractivity contribution is -0.205. The third-order valence-corrected chi connectivity index (χ3v) is 14.8. The van der Waals surface area contributed by atoms with E-state index < -0.39 is 173 Å². The number of phosphoric ester groups is 3. The molecular weight excluding hydrogens is 1230 g/mol. The molecule has 0 amide bonds. The van der Waals surface area contributed by atoms with Gasteiger partial charge in [-0.25, -0.2) is 54.9 Å². The van der Waals surface area contributed by atoms with Crippen LogP contribution in [-0.2, 0) is 68.1 Å². The second-order valence-electron chi connectivity index (χ2n) is 14.4. The van der Waals surface area contributed by atoms with E-state index in [-0.39, 0.29) is 9.13 Å². The van der Waals surface area contributed by atoms with E-state index in [0.29, 0.717) is 23.0 Å². The highest BCUT2D eigenvalue weighted by Crippen LogP contribution is 2.60. The average Bonchev–Trinajstić information content (AvgIpc) is 1.84. The summed E-state index contributed by atoms with van der Waals surface area (Å²) < 4.78 is 192. The topological polar surface area (TPSA) is 654 Å². The molecule has 6 rings (SSSR count). The van der Waals surface area contributed by atoms with Crippen LogP contribution in [0.4, 0.5) is 13.2 Å². The van der Waals surface area contributed by atoms with Gasteiger partial charge < -0.3 is 88.9 Å². The van der Waals surface area contributed by atoms with Gasteiger partial charge in [0.2, 0.25) is 0 Å². The molecule has 42 nitrogen and oxygen atoms in total. The SMILES string of the molecule is [2H]C([2H])(OP(=O)(O)OP(=O)(O)O)[C@@]1(F)O[C@@H](n2ccc(=O)[nH]c2=O)[C@H](O)[C@@H]1O.[2H]C([2H])(OP(=O)(O)OP(=O)(O)O)[C@@]1(F)O[C@@]([2H])(n2ccc(=O)[nH]c2=O)[C@H](O)[C@@H]1O.[2H][C@@]1(n2ccc(=O)[nH]c2=O)O[C@](F)(COP(=O)(O)OP(=O)(O)O)[C@@H](O)[C@H]1O. The quantitative estimate of drug-likeness (QED) is 0.0526. The first-order valence-corrected chi connectivity index (χ1v) is 28.1. The lowest BCUT2D eigenvalue weighted by Crippen LogP contribution is -2.43. The number of rotatable bonds is 18. The highest BCUT2D eigenvalue weighted by Gasteiger charge is 2.60. The van der Waals surface area contributed by atoms with E-state index in [4.69, 9.17) is 42.5 Å². The van der Waals surface area contributed by atoms with Crippen molar-refractivity contribution in [2.75, 3.05) is 19.7 Å². The van der Waals surface area contributed by atoms with E-state index in [1.165, 1.54) is 0 Å². The van der Waals surface area contributed by atoms with Gasteiger partial charge in [0, 0.05) is 36.8 Å². The first-order chi connectivity index (χ1) is 37.4. The van der Waals surface area contributed by atoms with Crippen molar-refractivity contribution in [3.05, 3.63) is 99.3 Å². The van der Waals surface area contributed by atoms with Crippen LogP contribution in [0, 0.1) is 0 Å². The number of ether oxygens (including phenoxy) is 3. The van der Waals surface area contributed by atoms with Crippen LogP contribution in [0.5, 0.6) is 0 Å². The van der Waals surface area contributed by atoms with Crippen molar-refractivity contribution in [3.63, 3.8) is 0 Å². The van der Waals surface area contributed by atoms with E-state index in [1.807, 2.05) is 0 Å². The second kappa shape index (κ2) is 24.4. The van der Waals surface area contributed by atoms with E-state index in [9.17, 15) is 101 Å². The van der Waals surface area contributed by atoms with Gasteiger partial charge in [0.25, 0.3) is 34.2 Å². The molecule has 0 bridgehead atoms. The number of aromatic nitrogens is 6. The zero-order chi connectivity index (χ0) is 65.2. The largest absolute Gasteiger partial charge is 0.481 e. The number of hydrogen-bond donors (Lipinski definition) is 18. The van der Waals surface area contributed by atoms with Crippen molar-refractivity contribution in [1.29, 1.82) is 0 Å². The van der Waals surface area contributed by atoms with Crippen LogP contribution in [0.3, 0.4) is 0 Å². The molecule has 6 heterocycles.